The van der Waals surface area contributed by atoms with Gasteiger partial charge in [0.1, 0.15) is 11.6 Å². The fourth-order valence-corrected chi connectivity index (χ4v) is 2.77. The van der Waals surface area contributed by atoms with E-state index in [1.165, 1.54) is 17.1 Å². The number of phenolic OH excluding ortho intramolecular Hbond substituents is 1. The van der Waals surface area contributed by atoms with E-state index in [-0.39, 0.29) is 0 Å². The maximum atomic E-state index is 9.31. The molecule has 2 aromatic rings. The summed E-state index contributed by atoms with van der Waals surface area (Å²) in [7, 11) is 2.05. The molecule has 0 amide bonds. The van der Waals surface area contributed by atoms with Crippen LogP contribution in [-0.4, -0.2) is 27.6 Å². The van der Waals surface area contributed by atoms with Gasteiger partial charge in [0.2, 0.25) is 5.13 Å². The summed E-state index contributed by atoms with van der Waals surface area (Å²) < 4.78 is 4.39. The number of hydrogen-bond acceptors (Lipinski definition) is 5. The van der Waals surface area contributed by atoms with Gasteiger partial charge in [0.25, 0.3) is 0 Å². The Kier molecular flexibility index (Phi) is 4.60. The van der Waals surface area contributed by atoms with E-state index >= 15 is 0 Å². The van der Waals surface area contributed by atoms with Gasteiger partial charge in [0.15, 0.2) is 0 Å². The molecule has 0 bridgehead atoms. The van der Waals surface area contributed by atoms with E-state index in [0.29, 0.717) is 17.7 Å². The predicted molar refractivity (Wildman–Crippen MR) is 83.7 cm³/mol. The minimum Gasteiger partial charge on any atom is -0.508 e. The molecule has 0 aliphatic carbocycles. The number of nitrogens with zero attached hydrogens (tertiary/aromatic N) is 3. The largest absolute Gasteiger partial charge is 0.508 e. The third-order valence-corrected chi connectivity index (χ3v) is 4.20. The maximum Gasteiger partial charge on any atom is 0.205 e. The van der Waals surface area contributed by atoms with Crippen molar-refractivity contribution in [3.63, 3.8) is 0 Å². The molecule has 1 unspecified atom stereocenters. The van der Waals surface area contributed by atoms with Gasteiger partial charge in [-0.3, -0.25) is 0 Å². The Balaban J connectivity index is 2.03. The van der Waals surface area contributed by atoms with E-state index in [1.54, 1.807) is 12.1 Å². The van der Waals surface area contributed by atoms with Gasteiger partial charge in [0, 0.05) is 30.5 Å². The third-order valence-electron chi connectivity index (χ3n) is 3.38. The Morgan fingerprint density at radius 2 is 1.85 bits per heavy atom. The molecule has 0 saturated heterocycles. The highest BCUT2D eigenvalue weighted by atomic mass is 32.1. The molecule has 108 valence electrons. The van der Waals surface area contributed by atoms with Crippen molar-refractivity contribution in [3.05, 3.63) is 35.7 Å². The summed E-state index contributed by atoms with van der Waals surface area (Å²) in [6, 6.07) is 7.69. The first kappa shape index (κ1) is 14.8. The molecule has 0 spiro atoms. The van der Waals surface area contributed by atoms with Gasteiger partial charge >= 0.3 is 0 Å². The first-order valence-electron chi connectivity index (χ1n) is 6.81. The van der Waals surface area contributed by atoms with Gasteiger partial charge in [-0.1, -0.05) is 26.0 Å². The Bertz CT molecular complexity index is 551. The second kappa shape index (κ2) is 6.22. The molecule has 20 heavy (non-hydrogen) atoms. The number of phenols is 1. The number of likely N-dealkylation sites (N-methyl/N-ethyl adjacent to an activating group) is 1. The number of hydrogen-bond donors (Lipinski definition) is 1. The number of rotatable bonds is 5. The van der Waals surface area contributed by atoms with Crippen LogP contribution in [0.3, 0.4) is 0 Å². The fourth-order valence-electron chi connectivity index (χ4n) is 1.90. The Labute approximate surface area is 124 Å². The second-order valence-electron chi connectivity index (χ2n) is 5.42. The van der Waals surface area contributed by atoms with Crippen LogP contribution in [0.4, 0.5) is 5.13 Å². The average Bonchev–Trinajstić information content (AvgIpc) is 2.90. The van der Waals surface area contributed by atoms with Crippen LogP contribution in [0.1, 0.15) is 38.1 Å². The molecule has 0 aliphatic rings. The second-order valence-corrected chi connectivity index (χ2v) is 6.15. The minimum absolute atomic E-state index is 0.306. The summed E-state index contributed by atoms with van der Waals surface area (Å²) in [5.41, 5.74) is 1.20. The Morgan fingerprint density at radius 3 is 2.40 bits per heavy atom. The summed E-state index contributed by atoms with van der Waals surface area (Å²) >= 11 is 1.45. The number of anilines is 1. The fraction of sp³-hybridized carbons (Fsp3) is 0.467. The first-order valence-corrected chi connectivity index (χ1v) is 7.59. The van der Waals surface area contributed by atoms with Crippen molar-refractivity contribution < 1.29 is 5.11 Å². The van der Waals surface area contributed by atoms with Crippen LogP contribution in [0, 0.1) is 0 Å². The SMILES string of the molecule is CC(C)c1nsc(N(C)C(C)Cc2ccc(O)cc2)n1. The van der Waals surface area contributed by atoms with Crippen molar-refractivity contribution in [2.45, 2.75) is 39.2 Å². The van der Waals surface area contributed by atoms with Crippen LogP contribution >= 0.6 is 11.5 Å². The lowest BCUT2D eigenvalue weighted by atomic mass is 10.1. The zero-order valence-electron chi connectivity index (χ0n) is 12.4. The van der Waals surface area contributed by atoms with Gasteiger partial charge in [-0.25, -0.2) is 4.98 Å². The Morgan fingerprint density at radius 1 is 1.20 bits per heavy atom. The topological polar surface area (TPSA) is 49.2 Å². The highest BCUT2D eigenvalue weighted by Gasteiger charge is 2.16. The average molecular weight is 291 g/mol. The van der Waals surface area contributed by atoms with E-state index in [4.69, 9.17) is 0 Å². The van der Waals surface area contributed by atoms with Crippen molar-refractivity contribution in [2.75, 3.05) is 11.9 Å². The molecule has 0 aliphatic heterocycles. The van der Waals surface area contributed by atoms with E-state index in [2.05, 4.69) is 42.1 Å². The van der Waals surface area contributed by atoms with Crippen LogP contribution < -0.4 is 4.90 Å². The summed E-state index contributed by atoms with van der Waals surface area (Å²) in [4.78, 5) is 6.74. The molecule has 0 radical (unpaired) electrons. The zero-order valence-corrected chi connectivity index (χ0v) is 13.2. The van der Waals surface area contributed by atoms with Crippen LogP contribution in [0.2, 0.25) is 0 Å². The van der Waals surface area contributed by atoms with Crippen molar-refractivity contribution in [1.82, 2.24) is 9.36 Å². The lowest BCUT2D eigenvalue weighted by Crippen LogP contribution is -2.30. The molecule has 5 heteroatoms. The lowest BCUT2D eigenvalue weighted by molar-refractivity contribution is 0.475. The van der Waals surface area contributed by atoms with E-state index in [0.717, 1.165) is 17.4 Å². The van der Waals surface area contributed by atoms with E-state index in [9.17, 15) is 5.11 Å². The molecule has 1 N–H and O–H groups in total. The molecule has 1 heterocycles. The summed E-state index contributed by atoms with van der Waals surface area (Å²) in [6.07, 6.45) is 0.910. The smallest absolute Gasteiger partial charge is 0.205 e. The molecule has 1 atom stereocenters. The van der Waals surface area contributed by atoms with E-state index in [1.807, 2.05) is 12.1 Å². The zero-order chi connectivity index (χ0) is 14.7. The number of aromatic hydroxyl groups is 1. The predicted octanol–water partition coefficient (Wildman–Crippen LogP) is 3.43. The van der Waals surface area contributed by atoms with Crippen molar-refractivity contribution in [1.29, 1.82) is 0 Å². The van der Waals surface area contributed by atoms with Crippen LogP contribution in [0.25, 0.3) is 0 Å². The summed E-state index contributed by atoms with van der Waals surface area (Å²) in [5.74, 6) is 1.58. The molecule has 2 rings (SSSR count). The first-order chi connectivity index (χ1) is 9.47. The maximum absolute atomic E-state index is 9.31. The van der Waals surface area contributed by atoms with E-state index < -0.39 is 0 Å². The van der Waals surface area contributed by atoms with Gasteiger partial charge in [-0.15, -0.1) is 0 Å². The lowest BCUT2D eigenvalue weighted by Gasteiger charge is -2.24. The summed E-state index contributed by atoms with van der Waals surface area (Å²) in [6.45, 7) is 6.38. The van der Waals surface area contributed by atoms with Crippen molar-refractivity contribution in [3.8, 4) is 5.75 Å². The molecule has 1 aromatic carbocycles. The minimum atomic E-state index is 0.306. The van der Waals surface area contributed by atoms with Gasteiger partial charge in [-0.05, 0) is 31.0 Å². The molecular weight excluding hydrogens is 270 g/mol. The highest BCUT2D eigenvalue weighted by molar-refractivity contribution is 7.09. The monoisotopic (exact) mass is 291 g/mol. The van der Waals surface area contributed by atoms with Crippen molar-refractivity contribution >= 4 is 16.7 Å². The molecular formula is C15H21N3OS. The van der Waals surface area contributed by atoms with Crippen LogP contribution in [-0.2, 0) is 6.42 Å². The standard InChI is InChI=1S/C15H21N3OS/c1-10(2)14-16-15(20-17-14)18(4)11(3)9-12-5-7-13(19)8-6-12/h5-8,10-11,19H,9H2,1-4H3. The Hall–Kier alpha value is -1.62. The molecule has 4 nitrogen and oxygen atoms in total. The van der Waals surface area contributed by atoms with Crippen molar-refractivity contribution in [2.24, 2.45) is 0 Å². The van der Waals surface area contributed by atoms with Gasteiger partial charge in [-0.2, -0.15) is 4.37 Å². The molecule has 0 fully saturated rings. The molecule has 0 saturated carbocycles. The van der Waals surface area contributed by atoms with Crippen LogP contribution in [0.15, 0.2) is 24.3 Å². The molecule has 1 aromatic heterocycles. The normalized spacial score (nSPS) is 12.7. The quantitative estimate of drug-likeness (QED) is 0.917. The summed E-state index contributed by atoms with van der Waals surface area (Å²) in [5, 5.41) is 10.3. The number of aromatic nitrogens is 2. The number of benzene rings is 1. The van der Waals surface area contributed by atoms with Crippen LogP contribution in [0.5, 0.6) is 5.75 Å². The third kappa shape index (κ3) is 3.48. The van der Waals surface area contributed by atoms with Gasteiger partial charge in [0.05, 0.1) is 0 Å². The van der Waals surface area contributed by atoms with Gasteiger partial charge < -0.3 is 10.0 Å². The highest BCUT2D eigenvalue weighted by Crippen LogP contribution is 2.23.